The van der Waals surface area contributed by atoms with E-state index in [1.807, 2.05) is 0 Å². The van der Waals surface area contributed by atoms with Crippen LogP contribution in [0.3, 0.4) is 0 Å². The molecule has 0 amide bonds. The summed E-state index contributed by atoms with van der Waals surface area (Å²) in [6, 6.07) is 20.0. The monoisotopic (exact) mass is 280 g/mol. The lowest BCUT2D eigenvalue weighted by Crippen LogP contribution is -2.39. The first kappa shape index (κ1) is 14.2. The zero-order valence-corrected chi connectivity index (χ0v) is 12.5. The molecule has 1 aliphatic rings. The van der Waals surface area contributed by atoms with E-state index in [-0.39, 0.29) is 0 Å². The summed E-state index contributed by atoms with van der Waals surface area (Å²) in [6.45, 7) is 2.18. The Hall–Kier alpha value is -1.80. The average molecular weight is 280 g/mol. The van der Waals surface area contributed by atoms with Gasteiger partial charge in [0, 0.05) is 18.3 Å². The van der Waals surface area contributed by atoms with Crippen molar-refractivity contribution in [2.24, 2.45) is 0 Å². The highest BCUT2D eigenvalue weighted by Crippen LogP contribution is 2.19. The Morgan fingerprint density at radius 1 is 0.952 bits per heavy atom. The molecule has 0 radical (unpaired) electrons. The molecule has 2 N–H and O–H groups in total. The summed E-state index contributed by atoms with van der Waals surface area (Å²) in [5.74, 6) is 0. The molecule has 1 unspecified atom stereocenters. The highest BCUT2D eigenvalue weighted by atomic mass is 15.0. The lowest BCUT2D eigenvalue weighted by Gasteiger charge is -2.24. The molecule has 2 aromatic rings. The van der Waals surface area contributed by atoms with Gasteiger partial charge in [0.15, 0.2) is 0 Å². The second kappa shape index (κ2) is 7.28. The number of hydrogen-bond donors (Lipinski definition) is 2. The van der Waals surface area contributed by atoms with Crippen molar-refractivity contribution >= 4 is 5.69 Å². The molecule has 1 saturated heterocycles. The van der Waals surface area contributed by atoms with Crippen LogP contribution in [0.25, 0.3) is 0 Å². The van der Waals surface area contributed by atoms with Crippen molar-refractivity contribution in [1.82, 2.24) is 5.32 Å². The van der Waals surface area contributed by atoms with Crippen LogP contribution in [0.5, 0.6) is 0 Å². The zero-order valence-electron chi connectivity index (χ0n) is 12.5. The molecule has 0 saturated carbocycles. The van der Waals surface area contributed by atoms with Gasteiger partial charge in [-0.2, -0.15) is 0 Å². The summed E-state index contributed by atoms with van der Waals surface area (Å²) in [6.07, 6.45) is 4.95. The van der Waals surface area contributed by atoms with Gasteiger partial charge in [-0.15, -0.1) is 0 Å². The molecule has 21 heavy (non-hydrogen) atoms. The van der Waals surface area contributed by atoms with E-state index in [4.69, 9.17) is 0 Å². The van der Waals surface area contributed by atoms with Crippen LogP contribution >= 0.6 is 0 Å². The van der Waals surface area contributed by atoms with E-state index in [1.54, 1.807) is 0 Å². The maximum absolute atomic E-state index is 3.64. The number of benzene rings is 2. The van der Waals surface area contributed by atoms with Crippen molar-refractivity contribution in [3.05, 3.63) is 65.7 Å². The van der Waals surface area contributed by atoms with Gasteiger partial charge in [0.05, 0.1) is 0 Å². The van der Waals surface area contributed by atoms with Crippen molar-refractivity contribution < 1.29 is 0 Å². The molecule has 2 heteroatoms. The number of rotatable bonds is 5. The van der Waals surface area contributed by atoms with E-state index in [2.05, 4.69) is 65.2 Å². The molecule has 0 aliphatic carbocycles. The third-order valence-corrected chi connectivity index (χ3v) is 4.21. The third kappa shape index (κ3) is 4.08. The normalized spacial score (nSPS) is 18.4. The van der Waals surface area contributed by atoms with Crippen molar-refractivity contribution in [3.63, 3.8) is 0 Å². The molecule has 0 bridgehead atoms. The van der Waals surface area contributed by atoms with Crippen LogP contribution in [0, 0.1) is 0 Å². The molecule has 2 nitrogen and oxygen atoms in total. The van der Waals surface area contributed by atoms with Gasteiger partial charge in [0.25, 0.3) is 0 Å². The second-order valence-electron chi connectivity index (χ2n) is 5.85. The van der Waals surface area contributed by atoms with E-state index in [9.17, 15) is 0 Å². The molecule has 2 aromatic carbocycles. The van der Waals surface area contributed by atoms with Crippen LogP contribution in [-0.2, 0) is 6.42 Å². The molecule has 0 aromatic heterocycles. The summed E-state index contributed by atoms with van der Waals surface area (Å²) in [5, 5.41) is 7.24. The lowest BCUT2D eigenvalue weighted by atomic mass is 10.0. The minimum Gasteiger partial charge on any atom is -0.383 e. The van der Waals surface area contributed by atoms with E-state index in [0.29, 0.717) is 6.04 Å². The maximum Gasteiger partial charge on any atom is 0.0376 e. The van der Waals surface area contributed by atoms with Crippen LogP contribution < -0.4 is 10.6 Å². The quantitative estimate of drug-likeness (QED) is 0.869. The standard InChI is InChI=1S/C19H24N2/c1-2-8-16(9-3-1)14-17-10-4-5-12-19(17)21-15-18-11-6-7-13-20-18/h1-5,8-10,12,18,20-21H,6-7,11,13-15H2. The van der Waals surface area contributed by atoms with E-state index in [1.165, 1.54) is 36.1 Å². The average Bonchev–Trinajstić information content (AvgIpc) is 2.56. The number of anilines is 1. The fourth-order valence-electron chi connectivity index (χ4n) is 2.99. The van der Waals surface area contributed by atoms with Crippen LogP contribution in [-0.4, -0.2) is 19.1 Å². The van der Waals surface area contributed by atoms with Gasteiger partial charge in [0.1, 0.15) is 0 Å². The Balaban J connectivity index is 1.64. The van der Waals surface area contributed by atoms with E-state index < -0.39 is 0 Å². The van der Waals surface area contributed by atoms with Crippen molar-refractivity contribution in [1.29, 1.82) is 0 Å². The smallest absolute Gasteiger partial charge is 0.0376 e. The summed E-state index contributed by atoms with van der Waals surface area (Å²) >= 11 is 0. The van der Waals surface area contributed by atoms with Gasteiger partial charge in [-0.05, 0) is 43.0 Å². The predicted octanol–water partition coefficient (Wildman–Crippen LogP) is 3.83. The van der Waals surface area contributed by atoms with Crippen molar-refractivity contribution in [3.8, 4) is 0 Å². The number of para-hydroxylation sites is 1. The zero-order chi connectivity index (χ0) is 14.3. The topological polar surface area (TPSA) is 24.1 Å². The van der Waals surface area contributed by atoms with E-state index >= 15 is 0 Å². The fraction of sp³-hybridized carbons (Fsp3) is 0.368. The van der Waals surface area contributed by atoms with Crippen molar-refractivity contribution in [2.75, 3.05) is 18.4 Å². The first-order valence-corrected chi connectivity index (χ1v) is 8.01. The fourth-order valence-corrected chi connectivity index (χ4v) is 2.99. The summed E-state index contributed by atoms with van der Waals surface area (Å²) in [7, 11) is 0. The Kier molecular flexibility index (Phi) is 4.90. The summed E-state index contributed by atoms with van der Waals surface area (Å²) in [4.78, 5) is 0. The highest BCUT2D eigenvalue weighted by molar-refractivity contribution is 5.52. The molecular formula is C19H24N2. The number of piperidine rings is 1. The molecule has 0 spiro atoms. The molecular weight excluding hydrogens is 256 g/mol. The summed E-state index contributed by atoms with van der Waals surface area (Å²) in [5.41, 5.74) is 4.01. The van der Waals surface area contributed by atoms with Gasteiger partial charge in [-0.3, -0.25) is 0 Å². The van der Waals surface area contributed by atoms with Gasteiger partial charge in [-0.25, -0.2) is 0 Å². The minimum atomic E-state index is 0.614. The van der Waals surface area contributed by atoms with Gasteiger partial charge in [0.2, 0.25) is 0 Å². The predicted molar refractivity (Wildman–Crippen MR) is 89.8 cm³/mol. The Morgan fingerprint density at radius 3 is 2.57 bits per heavy atom. The number of nitrogens with one attached hydrogen (secondary N) is 2. The van der Waals surface area contributed by atoms with Crippen LogP contribution in [0.2, 0.25) is 0 Å². The number of hydrogen-bond acceptors (Lipinski definition) is 2. The largest absolute Gasteiger partial charge is 0.383 e. The SMILES string of the molecule is c1ccc(Cc2ccccc2NCC2CCCCN2)cc1. The van der Waals surface area contributed by atoms with Crippen LogP contribution in [0.15, 0.2) is 54.6 Å². The van der Waals surface area contributed by atoms with Crippen LogP contribution in [0.1, 0.15) is 30.4 Å². The molecule has 3 rings (SSSR count). The Morgan fingerprint density at radius 2 is 1.76 bits per heavy atom. The molecule has 1 atom stereocenters. The van der Waals surface area contributed by atoms with Gasteiger partial charge in [-0.1, -0.05) is 55.0 Å². The Labute approximate surface area is 127 Å². The minimum absolute atomic E-state index is 0.614. The lowest BCUT2D eigenvalue weighted by molar-refractivity contribution is 0.414. The third-order valence-electron chi connectivity index (χ3n) is 4.21. The summed E-state index contributed by atoms with van der Waals surface area (Å²) < 4.78 is 0. The van der Waals surface area contributed by atoms with E-state index in [0.717, 1.165) is 19.5 Å². The molecule has 1 heterocycles. The van der Waals surface area contributed by atoms with Gasteiger partial charge < -0.3 is 10.6 Å². The Bertz CT molecular complexity index is 545. The maximum atomic E-state index is 3.64. The van der Waals surface area contributed by atoms with Gasteiger partial charge >= 0.3 is 0 Å². The highest BCUT2D eigenvalue weighted by Gasteiger charge is 2.12. The van der Waals surface area contributed by atoms with Crippen molar-refractivity contribution in [2.45, 2.75) is 31.7 Å². The molecule has 1 aliphatic heterocycles. The first-order chi connectivity index (χ1) is 10.4. The molecule has 110 valence electrons. The molecule has 1 fully saturated rings. The van der Waals surface area contributed by atoms with Crippen LogP contribution in [0.4, 0.5) is 5.69 Å². The second-order valence-corrected chi connectivity index (χ2v) is 5.85. The first-order valence-electron chi connectivity index (χ1n) is 8.01.